The lowest BCUT2D eigenvalue weighted by Crippen LogP contribution is -2.56. The van der Waals surface area contributed by atoms with Gasteiger partial charge in [-0.1, -0.05) is 59.8 Å². The van der Waals surface area contributed by atoms with Gasteiger partial charge in [-0.15, -0.1) is 0 Å². The van der Waals surface area contributed by atoms with Crippen molar-refractivity contribution in [1.29, 1.82) is 0 Å². The zero-order valence-electron chi connectivity index (χ0n) is 26.1. The van der Waals surface area contributed by atoms with Crippen LogP contribution in [0.4, 0.5) is 0 Å². The summed E-state index contributed by atoms with van der Waals surface area (Å²) in [5.74, 6) is -0.286. The molecule has 0 aromatic carbocycles. The topological polar surface area (TPSA) is 89.9 Å². The third kappa shape index (κ3) is 4.67. The van der Waals surface area contributed by atoms with Crippen LogP contribution in [-0.2, 0) is 23.9 Å². The molecule has 0 aliphatic heterocycles. The molecule has 6 nitrogen and oxygen atoms in total. The first-order valence-corrected chi connectivity index (χ1v) is 15.2. The Kier molecular flexibility index (Phi) is 8.01. The van der Waals surface area contributed by atoms with Crippen molar-refractivity contribution in [1.82, 2.24) is 0 Å². The van der Waals surface area contributed by atoms with Crippen LogP contribution in [0.15, 0.2) is 34.9 Å². The lowest BCUT2D eigenvalue weighted by Gasteiger charge is -2.61. The number of hydrogen-bond acceptors (Lipinski definition) is 5. The molecule has 0 aromatic rings. The van der Waals surface area contributed by atoms with Gasteiger partial charge in [-0.25, -0.2) is 4.79 Å². The van der Waals surface area contributed by atoms with Crippen LogP contribution in [0.1, 0.15) is 107 Å². The van der Waals surface area contributed by atoms with Crippen LogP contribution < -0.4 is 0 Å². The molecule has 4 rings (SSSR count). The zero-order valence-corrected chi connectivity index (χ0v) is 26.1. The molecule has 0 heterocycles. The minimum atomic E-state index is -0.867. The van der Waals surface area contributed by atoms with E-state index < -0.39 is 5.97 Å². The molecular formula is C34H50O6. The molecule has 2 fully saturated rings. The predicted octanol–water partition coefficient (Wildman–Crippen LogP) is 7.43. The average Bonchev–Trinajstić information content (AvgIpc) is 3.07. The highest BCUT2D eigenvalue weighted by atomic mass is 16.5. The molecule has 4 aliphatic carbocycles. The summed E-state index contributed by atoms with van der Waals surface area (Å²) < 4.78 is 12.0. The first kappa shape index (κ1) is 30.6. The van der Waals surface area contributed by atoms with E-state index in [2.05, 4.69) is 53.7 Å². The number of carboxylic acids is 1. The van der Waals surface area contributed by atoms with E-state index in [0.717, 1.165) is 44.9 Å². The zero-order chi connectivity index (χ0) is 29.8. The molecular weight excluding hydrogens is 504 g/mol. The summed E-state index contributed by atoms with van der Waals surface area (Å²) >= 11 is 0. The molecule has 0 saturated heterocycles. The molecule has 222 valence electrons. The van der Waals surface area contributed by atoms with Crippen molar-refractivity contribution in [3.63, 3.8) is 0 Å². The Morgan fingerprint density at radius 3 is 2.23 bits per heavy atom. The van der Waals surface area contributed by atoms with Crippen molar-refractivity contribution >= 4 is 17.9 Å². The molecule has 2 saturated carbocycles. The Morgan fingerprint density at radius 2 is 1.62 bits per heavy atom. The maximum absolute atomic E-state index is 12.4. The van der Waals surface area contributed by atoms with Crippen LogP contribution in [0.5, 0.6) is 0 Å². The van der Waals surface area contributed by atoms with Gasteiger partial charge in [0.25, 0.3) is 0 Å². The third-order valence-electron chi connectivity index (χ3n) is 12.0. The molecule has 0 bridgehead atoms. The van der Waals surface area contributed by atoms with E-state index in [1.807, 2.05) is 6.08 Å². The first-order chi connectivity index (χ1) is 18.5. The Bertz CT molecular complexity index is 1160. The fourth-order valence-electron chi connectivity index (χ4n) is 9.52. The van der Waals surface area contributed by atoms with E-state index in [9.17, 15) is 19.5 Å². The minimum absolute atomic E-state index is 0.0435. The maximum Gasteiger partial charge on any atom is 0.330 e. The minimum Gasteiger partial charge on any atom is -0.478 e. The van der Waals surface area contributed by atoms with Crippen molar-refractivity contribution in [2.24, 2.45) is 39.4 Å². The normalized spacial score (nSPS) is 39.1. The smallest absolute Gasteiger partial charge is 0.330 e. The summed E-state index contributed by atoms with van der Waals surface area (Å²) in [6.45, 7) is 18.6. The van der Waals surface area contributed by atoms with Gasteiger partial charge in [0.1, 0.15) is 12.2 Å². The molecule has 0 aromatic heterocycles. The highest BCUT2D eigenvalue weighted by Gasteiger charge is 2.67. The number of carboxylic acid groups (broad SMARTS) is 1. The standard InChI is InChI=1S/C34H50O6/c1-20(11-10-12-21(2)30(37)38)26-19-29(40-23(4)36)34(9)25-13-14-27-31(5,6)28(39-22(3)35)16-17-32(27,7)24(25)15-18-33(26,34)8/h12-13,15,20,26-29H,10-11,14,16-19H2,1-9H3,(H,37,38)/b21-12+/t20-,26-,27+,28-,29+,32-,33-,34-/m1/s1. The third-order valence-corrected chi connectivity index (χ3v) is 12.0. The van der Waals surface area contributed by atoms with Crippen molar-refractivity contribution < 1.29 is 29.0 Å². The summed E-state index contributed by atoms with van der Waals surface area (Å²) in [7, 11) is 0. The number of ether oxygens (including phenoxy) is 2. The molecule has 1 N–H and O–H groups in total. The Hall–Kier alpha value is -2.37. The van der Waals surface area contributed by atoms with Crippen molar-refractivity contribution in [2.45, 2.75) is 119 Å². The number of rotatable bonds is 7. The van der Waals surface area contributed by atoms with Gasteiger partial charge >= 0.3 is 17.9 Å². The second-order valence-corrected chi connectivity index (χ2v) is 14.4. The van der Waals surface area contributed by atoms with Gasteiger partial charge in [-0.3, -0.25) is 9.59 Å². The van der Waals surface area contributed by atoms with Gasteiger partial charge < -0.3 is 14.6 Å². The van der Waals surface area contributed by atoms with Crippen LogP contribution in [0.2, 0.25) is 0 Å². The summed E-state index contributed by atoms with van der Waals surface area (Å²) in [4.78, 5) is 35.6. The van der Waals surface area contributed by atoms with Crippen LogP contribution in [0.3, 0.4) is 0 Å². The molecule has 0 radical (unpaired) electrons. The lowest BCUT2D eigenvalue weighted by atomic mass is 9.44. The first-order valence-electron chi connectivity index (χ1n) is 15.2. The van der Waals surface area contributed by atoms with E-state index in [1.165, 1.54) is 25.0 Å². The number of hydrogen-bond donors (Lipinski definition) is 1. The summed E-state index contributed by atoms with van der Waals surface area (Å²) in [5, 5.41) is 9.25. The summed E-state index contributed by atoms with van der Waals surface area (Å²) in [6, 6.07) is 0. The van der Waals surface area contributed by atoms with Gasteiger partial charge in [0.2, 0.25) is 0 Å². The molecule has 0 amide bonds. The van der Waals surface area contributed by atoms with Gasteiger partial charge in [-0.2, -0.15) is 0 Å². The predicted molar refractivity (Wildman–Crippen MR) is 155 cm³/mol. The monoisotopic (exact) mass is 554 g/mol. The molecule has 40 heavy (non-hydrogen) atoms. The highest BCUT2D eigenvalue weighted by Crippen LogP contribution is 2.72. The second-order valence-electron chi connectivity index (χ2n) is 14.4. The largest absolute Gasteiger partial charge is 0.478 e. The Morgan fingerprint density at radius 1 is 1.00 bits per heavy atom. The molecule has 0 unspecified atom stereocenters. The Balaban J connectivity index is 1.71. The number of aliphatic carboxylic acids is 1. The van der Waals surface area contributed by atoms with Crippen LogP contribution in [-0.4, -0.2) is 35.2 Å². The van der Waals surface area contributed by atoms with E-state index in [1.54, 1.807) is 6.92 Å². The molecule has 4 aliphatic rings. The van der Waals surface area contributed by atoms with Gasteiger partial charge in [-0.05, 0) is 91.6 Å². The van der Waals surface area contributed by atoms with Crippen molar-refractivity contribution in [3.05, 3.63) is 34.9 Å². The van der Waals surface area contributed by atoms with E-state index in [-0.39, 0.29) is 45.8 Å². The average molecular weight is 555 g/mol. The fourth-order valence-corrected chi connectivity index (χ4v) is 9.52. The van der Waals surface area contributed by atoms with Gasteiger partial charge in [0, 0.05) is 30.3 Å². The second kappa shape index (κ2) is 10.5. The number of fused-ring (bicyclic) bond motifs is 5. The molecule has 8 atom stereocenters. The highest BCUT2D eigenvalue weighted by molar-refractivity contribution is 5.85. The quantitative estimate of drug-likeness (QED) is 0.260. The lowest BCUT2D eigenvalue weighted by molar-refractivity contribution is -0.166. The van der Waals surface area contributed by atoms with Crippen LogP contribution >= 0.6 is 0 Å². The SMILES string of the molecule is CC(=O)O[C@H]1C[C@H]([C@H](C)CC/C=C(\C)C(=O)O)[C@@]2(C)CC=C3C(=CC[C@H]4C(C)(C)[C@H](OC(C)=O)CC[C@]34C)[C@]12C. The van der Waals surface area contributed by atoms with E-state index in [4.69, 9.17) is 9.47 Å². The van der Waals surface area contributed by atoms with Gasteiger partial charge in [0.15, 0.2) is 0 Å². The molecule has 0 spiro atoms. The summed E-state index contributed by atoms with van der Waals surface area (Å²) in [5.41, 5.74) is 2.53. The van der Waals surface area contributed by atoms with Crippen LogP contribution in [0.25, 0.3) is 0 Å². The van der Waals surface area contributed by atoms with Gasteiger partial charge in [0.05, 0.1) is 0 Å². The number of carbonyl (C=O) groups is 3. The number of carbonyl (C=O) groups excluding carboxylic acids is 2. The summed E-state index contributed by atoms with van der Waals surface area (Å²) in [6.07, 6.45) is 12.5. The van der Waals surface area contributed by atoms with E-state index in [0.29, 0.717) is 23.3 Å². The molecule has 6 heteroatoms. The fraction of sp³-hybridized carbons (Fsp3) is 0.735. The van der Waals surface area contributed by atoms with Crippen molar-refractivity contribution in [3.8, 4) is 0 Å². The van der Waals surface area contributed by atoms with E-state index >= 15 is 0 Å². The van der Waals surface area contributed by atoms with Crippen LogP contribution in [0, 0.1) is 39.4 Å². The maximum atomic E-state index is 12.4. The number of esters is 2. The number of allylic oxidation sites excluding steroid dienone is 4. The Labute approximate surface area is 240 Å². The van der Waals surface area contributed by atoms with Crippen molar-refractivity contribution in [2.75, 3.05) is 0 Å².